The zero-order valence-electron chi connectivity index (χ0n) is 13.6. The molecule has 22 heavy (non-hydrogen) atoms. The summed E-state index contributed by atoms with van der Waals surface area (Å²) in [5.74, 6) is 0.270. The average Bonchev–Trinajstić information content (AvgIpc) is 2.91. The van der Waals surface area contributed by atoms with Crippen molar-refractivity contribution in [2.75, 3.05) is 13.6 Å². The van der Waals surface area contributed by atoms with Gasteiger partial charge in [-0.15, -0.1) is 24.8 Å². The van der Waals surface area contributed by atoms with Crippen molar-refractivity contribution >= 4 is 30.7 Å². The van der Waals surface area contributed by atoms with Gasteiger partial charge < -0.3 is 15.5 Å². The second-order valence-electron chi connectivity index (χ2n) is 6.97. The molecule has 1 amide bonds. The molecule has 4 nitrogen and oxygen atoms in total. The molecule has 2 N–H and O–H groups in total. The van der Waals surface area contributed by atoms with Gasteiger partial charge in [0.1, 0.15) is 0 Å². The van der Waals surface area contributed by atoms with Crippen LogP contribution in [0.15, 0.2) is 0 Å². The van der Waals surface area contributed by atoms with Gasteiger partial charge in [-0.2, -0.15) is 0 Å². The standard InChI is InChI=1S/C16H29N3O.2ClH/c1-19-14-5-2-6-15(19)11-13(10-14)18-16(20)8-7-12-4-3-9-17-12;;/h12-15,17H,2-11H2,1H3,(H,18,20);2*1H. The van der Waals surface area contributed by atoms with Crippen LogP contribution in [-0.4, -0.2) is 48.6 Å². The molecular weight excluding hydrogens is 321 g/mol. The second kappa shape index (κ2) is 9.31. The second-order valence-corrected chi connectivity index (χ2v) is 6.97. The molecule has 0 aromatic carbocycles. The van der Waals surface area contributed by atoms with Gasteiger partial charge in [-0.25, -0.2) is 0 Å². The number of carbonyl (C=O) groups is 1. The zero-order chi connectivity index (χ0) is 13.9. The maximum atomic E-state index is 12.1. The van der Waals surface area contributed by atoms with Crippen molar-refractivity contribution in [2.24, 2.45) is 0 Å². The van der Waals surface area contributed by atoms with Gasteiger partial charge in [-0.3, -0.25) is 4.79 Å². The van der Waals surface area contributed by atoms with E-state index in [1.807, 2.05) is 0 Å². The maximum Gasteiger partial charge on any atom is 0.220 e. The van der Waals surface area contributed by atoms with Crippen molar-refractivity contribution < 1.29 is 4.79 Å². The zero-order valence-corrected chi connectivity index (χ0v) is 15.2. The number of rotatable bonds is 4. The van der Waals surface area contributed by atoms with Crippen molar-refractivity contribution in [3.05, 3.63) is 0 Å². The van der Waals surface area contributed by atoms with Crippen molar-refractivity contribution in [1.29, 1.82) is 0 Å². The van der Waals surface area contributed by atoms with E-state index in [1.54, 1.807) is 0 Å². The largest absolute Gasteiger partial charge is 0.353 e. The van der Waals surface area contributed by atoms with Crippen molar-refractivity contribution in [3.63, 3.8) is 0 Å². The summed E-state index contributed by atoms with van der Waals surface area (Å²) in [5.41, 5.74) is 0. The summed E-state index contributed by atoms with van der Waals surface area (Å²) >= 11 is 0. The Balaban J connectivity index is 0.00000121. The van der Waals surface area contributed by atoms with Gasteiger partial charge in [0, 0.05) is 30.6 Å². The summed E-state index contributed by atoms with van der Waals surface area (Å²) < 4.78 is 0. The molecule has 3 rings (SSSR count). The monoisotopic (exact) mass is 351 g/mol. The Labute approximate surface area is 147 Å². The van der Waals surface area contributed by atoms with Crippen LogP contribution >= 0.6 is 24.8 Å². The van der Waals surface area contributed by atoms with Crippen LogP contribution in [-0.2, 0) is 4.79 Å². The first kappa shape index (κ1) is 20.0. The third-order valence-electron chi connectivity index (χ3n) is 5.59. The molecule has 3 heterocycles. The number of carbonyl (C=O) groups excluding carboxylic acids is 1. The third-order valence-corrected chi connectivity index (χ3v) is 5.59. The maximum absolute atomic E-state index is 12.1. The quantitative estimate of drug-likeness (QED) is 0.817. The number of halogens is 2. The molecule has 0 radical (unpaired) electrons. The van der Waals surface area contributed by atoms with Gasteiger partial charge in [-0.1, -0.05) is 6.42 Å². The van der Waals surface area contributed by atoms with E-state index < -0.39 is 0 Å². The normalized spacial score (nSPS) is 34.4. The Morgan fingerprint density at radius 3 is 2.41 bits per heavy atom. The molecule has 0 aromatic rings. The summed E-state index contributed by atoms with van der Waals surface area (Å²) in [6.45, 7) is 1.13. The molecule has 0 aliphatic carbocycles. The van der Waals surface area contributed by atoms with Gasteiger partial charge in [0.15, 0.2) is 0 Å². The summed E-state index contributed by atoms with van der Waals surface area (Å²) in [4.78, 5) is 14.7. The van der Waals surface area contributed by atoms with Gasteiger partial charge in [0.05, 0.1) is 0 Å². The molecule has 3 aliphatic heterocycles. The van der Waals surface area contributed by atoms with E-state index in [1.165, 1.54) is 32.1 Å². The molecule has 3 aliphatic rings. The van der Waals surface area contributed by atoms with Gasteiger partial charge in [-0.05, 0) is 58.5 Å². The first-order chi connectivity index (χ1) is 9.72. The van der Waals surface area contributed by atoms with Crippen LogP contribution in [0, 0.1) is 0 Å². The highest BCUT2D eigenvalue weighted by molar-refractivity contribution is 5.85. The Hall–Kier alpha value is -0.0300. The van der Waals surface area contributed by atoms with Crippen LogP contribution in [0.3, 0.4) is 0 Å². The summed E-state index contributed by atoms with van der Waals surface area (Å²) in [5, 5.41) is 6.77. The first-order valence-corrected chi connectivity index (χ1v) is 8.47. The Kier molecular flexibility index (Phi) is 8.47. The summed E-state index contributed by atoms with van der Waals surface area (Å²) in [7, 11) is 2.26. The van der Waals surface area contributed by atoms with E-state index in [0.29, 0.717) is 30.6 Å². The fourth-order valence-corrected chi connectivity index (χ4v) is 4.34. The summed E-state index contributed by atoms with van der Waals surface area (Å²) in [6.07, 6.45) is 10.5. The highest BCUT2D eigenvalue weighted by Gasteiger charge is 2.36. The molecule has 130 valence electrons. The lowest BCUT2D eigenvalue weighted by atomic mass is 9.82. The van der Waals surface area contributed by atoms with Crippen molar-refractivity contribution in [2.45, 2.75) is 82.0 Å². The van der Waals surface area contributed by atoms with Crippen LogP contribution in [0.5, 0.6) is 0 Å². The highest BCUT2D eigenvalue weighted by Crippen LogP contribution is 2.32. The fraction of sp³-hybridized carbons (Fsp3) is 0.938. The molecule has 0 aromatic heterocycles. The lowest BCUT2D eigenvalue weighted by Crippen LogP contribution is -2.55. The number of piperidine rings is 2. The summed E-state index contributed by atoms with van der Waals surface area (Å²) in [6, 6.07) is 2.40. The molecule has 2 bridgehead atoms. The molecule has 0 saturated carbocycles. The molecule has 3 fully saturated rings. The van der Waals surface area contributed by atoms with Crippen LogP contribution < -0.4 is 10.6 Å². The van der Waals surface area contributed by atoms with E-state index in [2.05, 4.69) is 22.6 Å². The van der Waals surface area contributed by atoms with E-state index in [0.717, 1.165) is 25.8 Å². The van der Waals surface area contributed by atoms with Gasteiger partial charge >= 0.3 is 0 Å². The lowest BCUT2D eigenvalue weighted by molar-refractivity contribution is -0.122. The van der Waals surface area contributed by atoms with Crippen LogP contribution in [0.4, 0.5) is 0 Å². The molecule has 3 atom stereocenters. The number of fused-ring (bicyclic) bond motifs is 2. The number of amides is 1. The van der Waals surface area contributed by atoms with E-state index in [-0.39, 0.29) is 30.7 Å². The number of hydrogen-bond donors (Lipinski definition) is 2. The van der Waals surface area contributed by atoms with E-state index in [4.69, 9.17) is 0 Å². The minimum atomic E-state index is 0. The average molecular weight is 352 g/mol. The van der Waals surface area contributed by atoms with Crippen LogP contribution in [0.2, 0.25) is 0 Å². The smallest absolute Gasteiger partial charge is 0.220 e. The molecule has 3 unspecified atom stereocenters. The Bertz CT molecular complexity index is 336. The van der Waals surface area contributed by atoms with Crippen molar-refractivity contribution in [1.82, 2.24) is 15.5 Å². The van der Waals surface area contributed by atoms with Crippen LogP contribution in [0.25, 0.3) is 0 Å². The van der Waals surface area contributed by atoms with Gasteiger partial charge in [0.25, 0.3) is 0 Å². The Morgan fingerprint density at radius 1 is 1.14 bits per heavy atom. The highest BCUT2D eigenvalue weighted by atomic mass is 35.5. The van der Waals surface area contributed by atoms with E-state index >= 15 is 0 Å². The minimum Gasteiger partial charge on any atom is -0.353 e. The SMILES string of the molecule is CN1C2CCCC1CC(NC(=O)CCC1CCCN1)C2.Cl.Cl. The van der Waals surface area contributed by atoms with E-state index in [9.17, 15) is 4.79 Å². The third kappa shape index (κ3) is 4.98. The van der Waals surface area contributed by atoms with Crippen LogP contribution in [0.1, 0.15) is 57.8 Å². The fourth-order valence-electron chi connectivity index (χ4n) is 4.34. The molecular formula is C16H31Cl2N3O. The predicted octanol–water partition coefficient (Wildman–Crippen LogP) is 2.49. The van der Waals surface area contributed by atoms with Gasteiger partial charge in [0.2, 0.25) is 5.91 Å². The lowest BCUT2D eigenvalue weighted by Gasteiger charge is -2.47. The first-order valence-electron chi connectivity index (χ1n) is 8.47. The molecule has 0 spiro atoms. The molecule has 6 heteroatoms. The number of hydrogen-bond acceptors (Lipinski definition) is 3. The predicted molar refractivity (Wildman–Crippen MR) is 95.1 cm³/mol. The topological polar surface area (TPSA) is 44.4 Å². The molecule has 3 saturated heterocycles. The number of nitrogens with zero attached hydrogens (tertiary/aromatic N) is 1. The Morgan fingerprint density at radius 2 is 1.82 bits per heavy atom. The van der Waals surface area contributed by atoms with Crippen molar-refractivity contribution in [3.8, 4) is 0 Å². The number of nitrogens with one attached hydrogen (secondary N) is 2. The minimum absolute atomic E-state index is 0.